The molecule has 7 heteroatoms. The molecule has 0 aromatic heterocycles. The summed E-state index contributed by atoms with van der Waals surface area (Å²) < 4.78 is 0. The fourth-order valence-corrected chi connectivity index (χ4v) is 3.12. The number of nitrogens with two attached hydrogens (primary N) is 1. The first kappa shape index (κ1) is 16.9. The molecule has 2 aromatic carbocycles. The van der Waals surface area contributed by atoms with Crippen molar-refractivity contribution in [3.8, 4) is 0 Å². The van der Waals surface area contributed by atoms with E-state index in [9.17, 15) is 14.9 Å². The highest BCUT2D eigenvalue weighted by molar-refractivity contribution is 5.96. The molecular formula is C18H20N4O3. The molecule has 25 heavy (non-hydrogen) atoms. The number of amides is 1. The molecule has 7 nitrogen and oxygen atoms in total. The molecule has 1 aliphatic rings. The van der Waals surface area contributed by atoms with Gasteiger partial charge in [0, 0.05) is 31.3 Å². The zero-order valence-corrected chi connectivity index (χ0v) is 14.0. The van der Waals surface area contributed by atoms with E-state index in [2.05, 4.69) is 4.90 Å². The van der Waals surface area contributed by atoms with Gasteiger partial charge in [0.15, 0.2) is 0 Å². The summed E-state index contributed by atoms with van der Waals surface area (Å²) in [5.74, 6) is -0.218. The predicted molar refractivity (Wildman–Crippen MR) is 95.2 cm³/mol. The third kappa shape index (κ3) is 3.46. The zero-order chi connectivity index (χ0) is 18.0. The highest BCUT2D eigenvalue weighted by atomic mass is 16.6. The topological polar surface area (TPSA) is 92.7 Å². The number of nitrogen functional groups attached to an aromatic ring is 1. The van der Waals surface area contributed by atoms with Gasteiger partial charge in [-0.3, -0.25) is 14.9 Å². The van der Waals surface area contributed by atoms with Crippen molar-refractivity contribution in [1.29, 1.82) is 0 Å². The van der Waals surface area contributed by atoms with E-state index in [4.69, 9.17) is 5.73 Å². The van der Waals surface area contributed by atoms with Crippen LogP contribution in [0.5, 0.6) is 0 Å². The van der Waals surface area contributed by atoms with E-state index in [0.29, 0.717) is 13.1 Å². The van der Waals surface area contributed by atoms with Gasteiger partial charge >= 0.3 is 0 Å². The predicted octanol–water partition coefficient (Wildman–Crippen LogP) is 2.31. The molecule has 1 amide bonds. The molecule has 0 saturated carbocycles. The van der Waals surface area contributed by atoms with Crippen molar-refractivity contribution < 1.29 is 9.72 Å². The van der Waals surface area contributed by atoms with Crippen LogP contribution in [0.15, 0.2) is 48.5 Å². The Morgan fingerprint density at radius 2 is 1.92 bits per heavy atom. The Morgan fingerprint density at radius 1 is 1.20 bits per heavy atom. The van der Waals surface area contributed by atoms with Crippen LogP contribution in [0.1, 0.15) is 22.0 Å². The Balaban J connectivity index is 1.94. The maximum Gasteiger partial charge on any atom is 0.292 e. The number of nitrogens with zero attached hydrogens (tertiary/aromatic N) is 3. The van der Waals surface area contributed by atoms with E-state index in [-0.39, 0.29) is 28.9 Å². The average Bonchev–Trinajstić information content (AvgIpc) is 2.62. The van der Waals surface area contributed by atoms with Gasteiger partial charge in [-0.25, -0.2) is 0 Å². The van der Waals surface area contributed by atoms with Gasteiger partial charge in [-0.05, 0) is 24.7 Å². The van der Waals surface area contributed by atoms with Crippen LogP contribution >= 0.6 is 0 Å². The van der Waals surface area contributed by atoms with Gasteiger partial charge < -0.3 is 15.5 Å². The molecule has 1 saturated heterocycles. The first-order chi connectivity index (χ1) is 12.0. The fourth-order valence-electron chi connectivity index (χ4n) is 3.12. The van der Waals surface area contributed by atoms with Gasteiger partial charge in [0.05, 0.1) is 11.0 Å². The van der Waals surface area contributed by atoms with E-state index in [1.165, 1.54) is 12.1 Å². The van der Waals surface area contributed by atoms with Crippen LogP contribution in [0.25, 0.3) is 0 Å². The van der Waals surface area contributed by atoms with Crippen molar-refractivity contribution >= 4 is 17.3 Å². The molecule has 3 rings (SSSR count). The molecule has 0 bridgehead atoms. The Labute approximate surface area is 145 Å². The normalized spacial score (nSPS) is 18.1. The number of piperazine rings is 1. The second kappa shape index (κ2) is 6.90. The highest BCUT2D eigenvalue weighted by Crippen LogP contribution is 2.29. The summed E-state index contributed by atoms with van der Waals surface area (Å²) in [7, 11) is 2.02. The van der Waals surface area contributed by atoms with Crippen LogP contribution in [0.4, 0.5) is 11.4 Å². The van der Waals surface area contributed by atoms with Crippen LogP contribution < -0.4 is 5.73 Å². The van der Waals surface area contributed by atoms with Crippen molar-refractivity contribution in [2.45, 2.75) is 6.04 Å². The van der Waals surface area contributed by atoms with Crippen LogP contribution in [0, 0.1) is 10.1 Å². The minimum Gasteiger partial charge on any atom is -0.393 e. The molecule has 0 aliphatic carbocycles. The summed E-state index contributed by atoms with van der Waals surface area (Å²) in [4.78, 5) is 27.5. The Morgan fingerprint density at radius 3 is 2.60 bits per heavy atom. The Kier molecular flexibility index (Phi) is 4.67. The quantitative estimate of drug-likeness (QED) is 0.526. The number of hydrogen-bond acceptors (Lipinski definition) is 5. The third-order valence-corrected chi connectivity index (χ3v) is 4.50. The summed E-state index contributed by atoms with van der Waals surface area (Å²) >= 11 is 0. The number of likely N-dealkylation sites (N-methyl/N-ethyl adjacent to an activating group) is 1. The van der Waals surface area contributed by atoms with Crippen molar-refractivity contribution in [2.24, 2.45) is 0 Å². The SMILES string of the molecule is CN1CCN(C(=O)c2ccc(N)c([N+](=O)[O-])c2)C(c2ccccc2)C1. The maximum atomic E-state index is 13.0. The van der Waals surface area contributed by atoms with Gasteiger partial charge in [-0.2, -0.15) is 0 Å². The van der Waals surface area contributed by atoms with E-state index in [1.807, 2.05) is 37.4 Å². The summed E-state index contributed by atoms with van der Waals surface area (Å²) in [6.07, 6.45) is 0. The monoisotopic (exact) mass is 340 g/mol. The molecule has 2 N–H and O–H groups in total. The highest BCUT2D eigenvalue weighted by Gasteiger charge is 2.31. The zero-order valence-electron chi connectivity index (χ0n) is 14.0. The van der Waals surface area contributed by atoms with Crippen LogP contribution in [0.3, 0.4) is 0 Å². The lowest BCUT2D eigenvalue weighted by atomic mass is 10.0. The summed E-state index contributed by atoms with van der Waals surface area (Å²) in [6.45, 7) is 2.03. The lowest BCUT2D eigenvalue weighted by molar-refractivity contribution is -0.383. The molecule has 130 valence electrons. The van der Waals surface area contributed by atoms with Gasteiger partial charge in [0.25, 0.3) is 11.6 Å². The number of nitro groups is 1. The van der Waals surface area contributed by atoms with Gasteiger partial charge in [0.1, 0.15) is 5.69 Å². The summed E-state index contributed by atoms with van der Waals surface area (Å²) in [5.41, 5.74) is 6.78. The first-order valence-corrected chi connectivity index (χ1v) is 8.05. The summed E-state index contributed by atoms with van der Waals surface area (Å²) in [5, 5.41) is 11.1. The molecule has 1 fully saturated rings. The minimum atomic E-state index is -0.565. The number of nitro benzene ring substituents is 1. The summed E-state index contributed by atoms with van der Waals surface area (Å²) in [6, 6.07) is 13.9. The molecule has 1 heterocycles. The van der Waals surface area contributed by atoms with Gasteiger partial charge in [0.2, 0.25) is 0 Å². The molecular weight excluding hydrogens is 320 g/mol. The van der Waals surface area contributed by atoms with Crippen molar-refractivity contribution in [3.05, 3.63) is 69.8 Å². The lowest BCUT2D eigenvalue weighted by Crippen LogP contribution is -2.49. The molecule has 1 aliphatic heterocycles. The number of benzene rings is 2. The lowest BCUT2D eigenvalue weighted by Gasteiger charge is -2.40. The van der Waals surface area contributed by atoms with Gasteiger partial charge in [-0.15, -0.1) is 0 Å². The maximum absolute atomic E-state index is 13.0. The molecule has 0 radical (unpaired) electrons. The van der Waals surface area contributed by atoms with E-state index in [1.54, 1.807) is 11.0 Å². The number of anilines is 1. The second-order valence-corrected chi connectivity index (χ2v) is 6.22. The van der Waals surface area contributed by atoms with Crippen molar-refractivity contribution in [2.75, 3.05) is 32.4 Å². The fraction of sp³-hybridized carbons (Fsp3) is 0.278. The Hall–Kier alpha value is -2.93. The van der Waals surface area contributed by atoms with Gasteiger partial charge in [-0.1, -0.05) is 30.3 Å². The minimum absolute atomic E-state index is 0.0551. The third-order valence-electron chi connectivity index (χ3n) is 4.50. The van der Waals surface area contributed by atoms with Crippen LogP contribution in [0.2, 0.25) is 0 Å². The molecule has 2 aromatic rings. The standard InChI is InChI=1S/C18H20N4O3/c1-20-9-10-21(17(12-20)13-5-3-2-4-6-13)18(23)14-7-8-15(19)16(11-14)22(24)25/h2-8,11,17H,9-10,12,19H2,1H3. The van der Waals surface area contributed by atoms with Crippen LogP contribution in [-0.2, 0) is 0 Å². The second-order valence-electron chi connectivity index (χ2n) is 6.22. The number of carbonyl (C=O) groups is 1. The number of rotatable bonds is 3. The first-order valence-electron chi connectivity index (χ1n) is 8.05. The van der Waals surface area contributed by atoms with Crippen molar-refractivity contribution in [3.63, 3.8) is 0 Å². The molecule has 0 spiro atoms. The molecule has 1 atom stereocenters. The van der Waals surface area contributed by atoms with Crippen molar-refractivity contribution in [1.82, 2.24) is 9.80 Å². The smallest absolute Gasteiger partial charge is 0.292 e. The van der Waals surface area contributed by atoms with Crippen LogP contribution in [-0.4, -0.2) is 47.3 Å². The van der Waals surface area contributed by atoms with E-state index >= 15 is 0 Å². The Bertz CT molecular complexity index is 794. The average molecular weight is 340 g/mol. The largest absolute Gasteiger partial charge is 0.393 e. The molecule has 1 unspecified atom stereocenters. The number of carbonyl (C=O) groups excluding carboxylic acids is 1. The van der Waals surface area contributed by atoms with E-state index < -0.39 is 4.92 Å². The van der Waals surface area contributed by atoms with E-state index in [0.717, 1.165) is 12.1 Å². The number of hydrogen-bond donors (Lipinski definition) is 1.